The lowest BCUT2D eigenvalue weighted by Crippen LogP contribution is -2.23. The van der Waals surface area contributed by atoms with Gasteiger partial charge in [0.25, 0.3) is 5.56 Å². The van der Waals surface area contributed by atoms with E-state index in [4.69, 9.17) is 14.6 Å². The third-order valence-corrected chi connectivity index (χ3v) is 5.25. The molecule has 2 heterocycles. The first-order chi connectivity index (χ1) is 13.5. The number of fused-ring (bicyclic) bond motifs is 3. The van der Waals surface area contributed by atoms with E-state index in [1.54, 1.807) is 28.7 Å². The number of para-hydroxylation sites is 2. The van der Waals surface area contributed by atoms with Gasteiger partial charge in [0.05, 0.1) is 22.7 Å². The van der Waals surface area contributed by atoms with Crippen molar-refractivity contribution in [2.45, 2.75) is 13.0 Å². The molecule has 0 saturated carbocycles. The maximum atomic E-state index is 12.8. The summed E-state index contributed by atoms with van der Waals surface area (Å²) in [5.41, 5.74) is 2.17. The van der Waals surface area contributed by atoms with Gasteiger partial charge in [0, 0.05) is 0 Å². The van der Waals surface area contributed by atoms with Crippen LogP contribution in [0.1, 0.15) is 12.5 Å². The van der Waals surface area contributed by atoms with Crippen molar-refractivity contribution >= 4 is 39.4 Å². The minimum atomic E-state index is -1.07. The number of carboxylic acids is 1. The van der Waals surface area contributed by atoms with Gasteiger partial charge in [-0.15, -0.1) is 0 Å². The second kappa shape index (κ2) is 6.97. The molecule has 0 aliphatic carbocycles. The Hall–Kier alpha value is -3.39. The fourth-order valence-corrected chi connectivity index (χ4v) is 3.86. The molecule has 1 N–H and O–H groups in total. The molecule has 142 valence electrons. The van der Waals surface area contributed by atoms with Gasteiger partial charge >= 0.3 is 5.97 Å². The summed E-state index contributed by atoms with van der Waals surface area (Å²) in [6.45, 7) is 1.44. The highest BCUT2D eigenvalue weighted by Crippen LogP contribution is 2.29. The second-order valence-electron chi connectivity index (χ2n) is 6.14. The Morgan fingerprint density at radius 1 is 1.25 bits per heavy atom. The molecule has 2 aromatic heterocycles. The Bertz CT molecular complexity index is 1310. The second-order valence-corrected chi connectivity index (χ2v) is 7.15. The van der Waals surface area contributed by atoms with E-state index >= 15 is 0 Å². The number of ether oxygens (including phenoxy) is 2. The van der Waals surface area contributed by atoms with Gasteiger partial charge in [0.1, 0.15) is 0 Å². The minimum Gasteiger partial charge on any atom is -0.493 e. The van der Waals surface area contributed by atoms with E-state index in [0.29, 0.717) is 21.0 Å². The number of benzene rings is 2. The number of aliphatic carboxylic acids is 1. The summed E-state index contributed by atoms with van der Waals surface area (Å²) in [5, 5.41) is 9.00. The van der Waals surface area contributed by atoms with Crippen LogP contribution in [0.25, 0.3) is 22.1 Å². The zero-order valence-corrected chi connectivity index (χ0v) is 15.9. The summed E-state index contributed by atoms with van der Waals surface area (Å²) in [5.74, 6) is -0.354. The minimum absolute atomic E-state index is 0.132. The smallest absolute Gasteiger partial charge is 0.344 e. The van der Waals surface area contributed by atoms with E-state index in [0.717, 1.165) is 16.6 Å². The van der Waals surface area contributed by atoms with Crippen LogP contribution in [0.5, 0.6) is 11.5 Å². The van der Waals surface area contributed by atoms with Gasteiger partial charge in [-0.05, 0) is 42.8 Å². The SMILES string of the molecule is COc1cc(/C=c2/sc3nc4ccccc4n3c2=O)ccc1O[C@H](C)C(=O)O. The Labute approximate surface area is 163 Å². The van der Waals surface area contributed by atoms with E-state index < -0.39 is 12.1 Å². The number of carbonyl (C=O) groups is 1. The van der Waals surface area contributed by atoms with E-state index in [9.17, 15) is 9.59 Å². The molecule has 2 aromatic carbocycles. The summed E-state index contributed by atoms with van der Waals surface area (Å²) in [4.78, 5) is 29.0. The number of hydrogen-bond acceptors (Lipinski definition) is 6. The zero-order chi connectivity index (χ0) is 19.8. The number of carboxylic acid groups (broad SMARTS) is 1. The molecular weight excluding hydrogens is 380 g/mol. The van der Waals surface area contributed by atoms with Crippen molar-refractivity contribution in [1.29, 1.82) is 0 Å². The first kappa shape index (κ1) is 18.0. The first-order valence-electron chi connectivity index (χ1n) is 8.47. The molecule has 0 aliphatic rings. The van der Waals surface area contributed by atoms with Crippen molar-refractivity contribution in [3.05, 3.63) is 62.9 Å². The molecule has 0 aliphatic heterocycles. The Kier molecular flexibility index (Phi) is 4.48. The lowest BCUT2D eigenvalue weighted by atomic mass is 10.2. The molecule has 1 atom stereocenters. The van der Waals surface area contributed by atoms with Crippen molar-refractivity contribution in [2.24, 2.45) is 0 Å². The highest BCUT2D eigenvalue weighted by atomic mass is 32.1. The van der Waals surface area contributed by atoms with Gasteiger partial charge in [-0.2, -0.15) is 0 Å². The third kappa shape index (κ3) is 3.07. The van der Waals surface area contributed by atoms with Crippen molar-refractivity contribution in [3.8, 4) is 11.5 Å². The average Bonchev–Trinajstić information content (AvgIpc) is 3.19. The largest absolute Gasteiger partial charge is 0.493 e. The fraction of sp³-hybridized carbons (Fsp3) is 0.150. The molecular formula is C20H16N2O5S. The average molecular weight is 396 g/mol. The molecule has 4 rings (SSSR count). The fourth-order valence-electron chi connectivity index (χ4n) is 2.88. The van der Waals surface area contributed by atoms with Crippen LogP contribution < -0.4 is 19.6 Å². The van der Waals surface area contributed by atoms with E-state index in [1.165, 1.54) is 25.4 Å². The number of methoxy groups -OCH3 is 1. The monoisotopic (exact) mass is 396 g/mol. The van der Waals surface area contributed by atoms with Crippen LogP contribution in [0.2, 0.25) is 0 Å². The predicted octanol–water partition coefficient (Wildman–Crippen LogP) is 2.32. The van der Waals surface area contributed by atoms with Crippen molar-refractivity contribution in [2.75, 3.05) is 7.11 Å². The molecule has 0 radical (unpaired) electrons. The summed E-state index contributed by atoms with van der Waals surface area (Å²) in [7, 11) is 1.47. The highest BCUT2D eigenvalue weighted by Gasteiger charge is 2.16. The standard InChI is InChI=1S/C20H16N2O5S/c1-11(19(24)25)27-15-8-7-12(9-16(15)26-2)10-17-18(23)22-14-6-4-3-5-13(14)21-20(22)28-17/h3-11H,1-2H3,(H,24,25)/b17-10+/t11-/m1/s1. The molecule has 8 heteroatoms. The third-order valence-electron chi connectivity index (χ3n) is 4.28. The van der Waals surface area contributed by atoms with Gasteiger partial charge in [0.2, 0.25) is 0 Å². The maximum absolute atomic E-state index is 12.8. The van der Waals surface area contributed by atoms with Crippen LogP contribution in [0.15, 0.2) is 47.3 Å². The Balaban J connectivity index is 1.77. The number of nitrogens with zero attached hydrogens (tertiary/aromatic N) is 2. The molecule has 0 fully saturated rings. The van der Waals surface area contributed by atoms with Crippen LogP contribution in [0.3, 0.4) is 0 Å². The van der Waals surface area contributed by atoms with Gasteiger partial charge in [-0.1, -0.05) is 29.5 Å². The summed E-state index contributed by atoms with van der Waals surface area (Å²) in [6.07, 6.45) is 0.749. The lowest BCUT2D eigenvalue weighted by molar-refractivity contribution is -0.144. The quantitative estimate of drug-likeness (QED) is 0.557. The molecule has 0 spiro atoms. The number of imidazole rings is 1. The van der Waals surface area contributed by atoms with Crippen LogP contribution in [-0.4, -0.2) is 33.7 Å². The van der Waals surface area contributed by atoms with Gasteiger partial charge in [-0.25, -0.2) is 14.2 Å². The summed E-state index contributed by atoms with van der Waals surface area (Å²) < 4.78 is 12.9. The molecule has 7 nitrogen and oxygen atoms in total. The predicted molar refractivity (Wildman–Crippen MR) is 106 cm³/mol. The van der Waals surface area contributed by atoms with Gasteiger partial charge < -0.3 is 14.6 Å². The normalized spacial score (nSPS) is 13.1. The van der Waals surface area contributed by atoms with Crippen molar-refractivity contribution < 1.29 is 19.4 Å². The zero-order valence-electron chi connectivity index (χ0n) is 15.1. The van der Waals surface area contributed by atoms with E-state index in [2.05, 4.69) is 4.98 Å². The number of aromatic nitrogens is 2. The lowest BCUT2D eigenvalue weighted by Gasteiger charge is -2.14. The van der Waals surface area contributed by atoms with Crippen LogP contribution >= 0.6 is 11.3 Å². The van der Waals surface area contributed by atoms with Gasteiger partial charge in [0.15, 0.2) is 22.6 Å². The molecule has 0 unspecified atom stereocenters. The van der Waals surface area contributed by atoms with Crippen LogP contribution in [0.4, 0.5) is 0 Å². The molecule has 4 aromatic rings. The molecule has 0 amide bonds. The molecule has 0 saturated heterocycles. The van der Waals surface area contributed by atoms with Crippen molar-refractivity contribution in [3.63, 3.8) is 0 Å². The number of hydrogen-bond donors (Lipinski definition) is 1. The maximum Gasteiger partial charge on any atom is 0.344 e. The number of thiazole rings is 1. The first-order valence-corrected chi connectivity index (χ1v) is 9.29. The topological polar surface area (TPSA) is 90.1 Å². The van der Waals surface area contributed by atoms with Crippen LogP contribution in [-0.2, 0) is 4.79 Å². The Morgan fingerprint density at radius 2 is 2.04 bits per heavy atom. The van der Waals surface area contributed by atoms with Gasteiger partial charge in [-0.3, -0.25) is 4.79 Å². The molecule has 28 heavy (non-hydrogen) atoms. The Morgan fingerprint density at radius 3 is 2.79 bits per heavy atom. The summed E-state index contributed by atoms with van der Waals surface area (Å²) in [6, 6.07) is 12.6. The molecule has 0 bridgehead atoms. The highest BCUT2D eigenvalue weighted by molar-refractivity contribution is 7.15. The van der Waals surface area contributed by atoms with E-state index in [1.807, 2.05) is 24.3 Å². The van der Waals surface area contributed by atoms with Crippen molar-refractivity contribution in [1.82, 2.24) is 9.38 Å². The number of rotatable bonds is 5. The summed E-state index contributed by atoms with van der Waals surface area (Å²) >= 11 is 1.31. The van der Waals surface area contributed by atoms with E-state index in [-0.39, 0.29) is 5.56 Å². The van der Waals surface area contributed by atoms with Crippen LogP contribution in [0, 0.1) is 0 Å².